The SMILES string of the molecule is CCc1c(NC)ncnc1NCC(O)CO. The lowest BCUT2D eigenvalue weighted by Crippen LogP contribution is -2.24. The van der Waals surface area contributed by atoms with E-state index in [2.05, 4.69) is 20.6 Å². The fraction of sp³-hybridized carbons (Fsp3) is 0.600. The van der Waals surface area contributed by atoms with Crippen molar-refractivity contribution in [3.05, 3.63) is 11.9 Å². The highest BCUT2D eigenvalue weighted by molar-refractivity contribution is 5.57. The van der Waals surface area contributed by atoms with Crippen LogP contribution in [-0.2, 0) is 6.42 Å². The van der Waals surface area contributed by atoms with E-state index in [1.807, 2.05) is 6.92 Å². The minimum absolute atomic E-state index is 0.265. The summed E-state index contributed by atoms with van der Waals surface area (Å²) in [6.07, 6.45) is 1.46. The van der Waals surface area contributed by atoms with Gasteiger partial charge in [0, 0.05) is 19.2 Å². The molecule has 0 aliphatic carbocycles. The molecule has 0 radical (unpaired) electrons. The second-order valence-corrected chi connectivity index (χ2v) is 3.37. The molecule has 0 aliphatic rings. The zero-order valence-corrected chi connectivity index (χ0v) is 9.56. The van der Waals surface area contributed by atoms with Crippen LogP contribution in [0.5, 0.6) is 0 Å². The van der Waals surface area contributed by atoms with Gasteiger partial charge in [0.05, 0.1) is 12.7 Å². The lowest BCUT2D eigenvalue weighted by molar-refractivity contribution is 0.105. The van der Waals surface area contributed by atoms with Gasteiger partial charge in [-0.1, -0.05) is 6.92 Å². The average Bonchev–Trinajstić information content (AvgIpc) is 2.34. The molecule has 90 valence electrons. The Morgan fingerprint density at radius 2 is 2.06 bits per heavy atom. The van der Waals surface area contributed by atoms with Crippen LogP contribution in [0, 0.1) is 0 Å². The van der Waals surface area contributed by atoms with E-state index >= 15 is 0 Å². The normalized spacial score (nSPS) is 12.2. The highest BCUT2D eigenvalue weighted by Gasteiger charge is 2.09. The van der Waals surface area contributed by atoms with Gasteiger partial charge >= 0.3 is 0 Å². The standard InChI is InChI=1S/C10H18N4O2/c1-3-8-9(11-2)13-6-14-10(8)12-4-7(16)5-15/h6-7,15-16H,3-5H2,1-2H3,(H2,11,12,13,14). The second-order valence-electron chi connectivity index (χ2n) is 3.37. The molecule has 0 fully saturated rings. The third-order valence-electron chi connectivity index (χ3n) is 2.25. The smallest absolute Gasteiger partial charge is 0.134 e. The van der Waals surface area contributed by atoms with Gasteiger partial charge in [-0.15, -0.1) is 0 Å². The molecular formula is C10H18N4O2. The van der Waals surface area contributed by atoms with Crippen molar-refractivity contribution in [2.45, 2.75) is 19.4 Å². The number of hydrogen-bond acceptors (Lipinski definition) is 6. The molecule has 0 saturated carbocycles. The van der Waals surface area contributed by atoms with Gasteiger partial charge < -0.3 is 20.8 Å². The Morgan fingerprint density at radius 1 is 1.38 bits per heavy atom. The maximum Gasteiger partial charge on any atom is 0.134 e. The van der Waals surface area contributed by atoms with Crippen LogP contribution >= 0.6 is 0 Å². The molecule has 0 saturated heterocycles. The van der Waals surface area contributed by atoms with Crippen LogP contribution in [0.1, 0.15) is 12.5 Å². The third kappa shape index (κ3) is 3.04. The molecule has 1 atom stereocenters. The summed E-state index contributed by atoms with van der Waals surface area (Å²) >= 11 is 0. The summed E-state index contributed by atoms with van der Waals surface area (Å²) in [5.74, 6) is 1.47. The van der Waals surface area contributed by atoms with Crippen LogP contribution in [-0.4, -0.2) is 46.5 Å². The number of aromatic nitrogens is 2. The molecule has 0 aliphatic heterocycles. The molecule has 1 rings (SSSR count). The van der Waals surface area contributed by atoms with E-state index in [1.54, 1.807) is 7.05 Å². The number of aliphatic hydroxyl groups excluding tert-OH is 2. The Bertz CT molecular complexity index is 333. The van der Waals surface area contributed by atoms with Crippen LogP contribution in [0.15, 0.2) is 6.33 Å². The van der Waals surface area contributed by atoms with Gasteiger partial charge in [0.1, 0.15) is 18.0 Å². The molecule has 0 spiro atoms. The first-order valence-electron chi connectivity index (χ1n) is 5.27. The fourth-order valence-electron chi connectivity index (χ4n) is 1.39. The number of nitrogens with zero attached hydrogens (tertiary/aromatic N) is 2. The van der Waals surface area contributed by atoms with Crippen LogP contribution in [0.25, 0.3) is 0 Å². The van der Waals surface area contributed by atoms with Crippen LogP contribution < -0.4 is 10.6 Å². The Kier molecular flexibility index (Phi) is 4.94. The zero-order chi connectivity index (χ0) is 12.0. The maximum absolute atomic E-state index is 9.24. The first kappa shape index (κ1) is 12.7. The van der Waals surface area contributed by atoms with Crippen molar-refractivity contribution in [2.24, 2.45) is 0 Å². The van der Waals surface area contributed by atoms with E-state index in [0.29, 0.717) is 5.82 Å². The first-order chi connectivity index (χ1) is 7.72. The minimum Gasteiger partial charge on any atom is -0.394 e. The predicted octanol–water partition coefficient (Wildman–Crippen LogP) is -0.154. The van der Waals surface area contributed by atoms with Crippen molar-refractivity contribution in [1.29, 1.82) is 0 Å². The molecule has 4 N–H and O–H groups in total. The monoisotopic (exact) mass is 226 g/mol. The van der Waals surface area contributed by atoms with Crippen LogP contribution in [0.4, 0.5) is 11.6 Å². The lowest BCUT2D eigenvalue weighted by Gasteiger charge is -2.14. The first-order valence-corrected chi connectivity index (χ1v) is 5.27. The molecule has 1 heterocycles. The van der Waals surface area contributed by atoms with Crippen molar-refractivity contribution in [1.82, 2.24) is 9.97 Å². The summed E-state index contributed by atoms with van der Waals surface area (Å²) in [6, 6.07) is 0. The average molecular weight is 226 g/mol. The number of hydrogen-bond donors (Lipinski definition) is 4. The van der Waals surface area contributed by atoms with E-state index in [-0.39, 0.29) is 13.2 Å². The number of rotatable bonds is 6. The minimum atomic E-state index is -0.780. The number of anilines is 2. The van der Waals surface area contributed by atoms with Gasteiger partial charge in [-0.25, -0.2) is 9.97 Å². The van der Waals surface area contributed by atoms with Gasteiger partial charge in [-0.2, -0.15) is 0 Å². The number of nitrogens with one attached hydrogen (secondary N) is 2. The van der Waals surface area contributed by atoms with E-state index < -0.39 is 6.10 Å². The zero-order valence-electron chi connectivity index (χ0n) is 9.56. The summed E-state index contributed by atoms with van der Waals surface area (Å²) in [5.41, 5.74) is 0.968. The third-order valence-corrected chi connectivity index (χ3v) is 2.25. The summed E-state index contributed by atoms with van der Waals surface area (Å²) in [7, 11) is 1.80. The second kappa shape index (κ2) is 6.24. The molecule has 0 aromatic carbocycles. The maximum atomic E-state index is 9.24. The molecule has 0 bridgehead atoms. The Hall–Kier alpha value is -1.40. The fourth-order valence-corrected chi connectivity index (χ4v) is 1.39. The Morgan fingerprint density at radius 3 is 2.62 bits per heavy atom. The van der Waals surface area contributed by atoms with Crippen molar-refractivity contribution >= 4 is 11.6 Å². The van der Waals surface area contributed by atoms with Crippen molar-refractivity contribution in [3.8, 4) is 0 Å². The van der Waals surface area contributed by atoms with Crippen molar-refractivity contribution < 1.29 is 10.2 Å². The predicted molar refractivity (Wildman–Crippen MR) is 62.5 cm³/mol. The van der Waals surface area contributed by atoms with Gasteiger partial charge in [-0.3, -0.25) is 0 Å². The van der Waals surface area contributed by atoms with E-state index in [4.69, 9.17) is 5.11 Å². The van der Waals surface area contributed by atoms with Gasteiger partial charge in [-0.05, 0) is 6.42 Å². The summed E-state index contributed by atoms with van der Waals surface area (Å²) in [6.45, 7) is 2.01. The highest BCUT2D eigenvalue weighted by Crippen LogP contribution is 2.19. The van der Waals surface area contributed by atoms with E-state index in [1.165, 1.54) is 6.33 Å². The quantitative estimate of drug-likeness (QED) is 0.539. The lowest BCUT2D eigenvalue weighted by atomic mass is 10.2. The molecular weight excluding hydrogens is 208 g/mol. The van der Waals surface area contributed by atoms with Crippen LogP contribution in [0.3, 0.4) is 0 Å². The van der Waals surface area contributed by atoms with Gasteiger partial charge in [0.2, 0.25) is 0 Å². The molecule has 6 heteroatoms. The molecule has 1 unspecified atom stereocenters. The Balaban J connectivity index is 2.78. The summed E-state index contributed by atoms with van der Waals surface area (Å²) in [4.78, 5) is 8.21. The highest BCUT2D eigenvalue weighted by atomic mass is 16.3. The van der Waals surface area contributed by atoms with Gasteiger partial charge in [0.25, 0.3) is 0 Å². The summed E-state index contributed by atoms with van der Waals surface area (Å²) < 4.78 is 0. The molecule has 1 aromatic rings. The van der Waals surface area contributed by atoms with Crippen molar-refractivity contribution in [3.63, 3.8) is 0 Å². The van der Waals surface area contributed by atoms with Crippen LogP contribution in [0.2, 0.25) is 0 Å². The summed E-state index contributed by atoms with van der Waals surface area (Å²) in [5, 5.41) is 23.9. The Labute approximate surface area is 94.7 Å². The molecule has 0 amide bonds. The van der Waals surface area contributed by atoms with Crippen molar-refractivity contribution in [2.75, 3.05) is 30.8 Å². The molecule has 6 nitrogen and oxygen atoms in total. The van der Waals surface area contributed by atoms with Gasteiger partial charge in [0.15, 0.2) is 0 Å². The molecule has 1 aromatic heterocycles. The largest absolute Gasteiger partial charge is 0.394 e. The molecule has 16 heavy (non-hydrogen) atoms. The van der Waals surface area contributed by atoms with E-state index in [9.17, 15) is 5.11 Å². The topological polar surface area (TPSA) is 90.3 Å². The van der Waals surface area contributed by atoms with E-state index in [0.717, 1.165) is 17.8 Å². The number of aliphatic hydroxyl groups is 2.